The third-order valence-electron chi connectivity index (χ3n) is 2.73. The fourth-order valence-electron chi connectivity index (χ4n) is 1.69. The molecule has 21 heavy (non-hydrogen) atoms. The van der Waals surface area contributed by atoms with Crippen LogP contribution in [0.5, 0.6) is 0 Å². The fraction of sp³-hybridized carbons (Fsp3) is 0.286. The number of benzene rings is 1. The average molecular weight is 326 g/mol. The number of aromatic nitrogens is 1. The Morgan fingerprint density at radius 2 is 2.33 bits per heavy atom. The summed E-state index contributed by atoms with van der Waals surface area (Å²) in [7, 11) is 0. The van der Waals surface area contributed by atoms with Crippen molar-refractivity contribution >= 4 is 34.5 Å². The second kappa shape index (κ2) is 6.89. The van der Waals surface area contributed by atoms with Gasteiger partial charge >= 0.3 is 0 Å². The molecule has 112 valence electrons. The van der Waals surface area contributed by atoms with E-state index in [1.165, 1.54) is 11.3 Å². The second-order valence-electron chi connectivity index (χ2n) is 4.71. The molecule has 0 radical (unpaired) electrons. The van der Waals surface area contributed by atoms with Gasteiger partial charge in [0.25, 0.3) is 0 Å². The number of hydrogen-bond donors (Lipinski definition) is 3. The minimum Gasteiger partial charge on any atom is -0.398 e. The number of rotatable bonds is 5. The normalized spacial score (nSPS) is 12.1. The van der Waals surface area contributed by atoms with Crippen molar-refractivity contribution in [3.63, 3.8) is 0 Å². The van der Waals surface area contributed by atoms with Crippen molar-refractivity contribution in [3.05, 3.63) is 34.3 Å². The molecule has 0 saturated carbocycles. The SMILES string of the molecule is CC(O)CNC(=O)Cc1csc(-c2ccc(Cl)c(N)c2)n1. The lowest BCUT2D eigenvalue weighted by molar-refractivity contribution is -0.120. The van der Waals surface area contributed by atoms with E-state index in [4.69, 9.17) is 22.4 Å². The first-order valence-electron chi connectivity index (χ1n) is 6.40. The molecular formula is C14H16ClN3O2S. The maximum atomic E-state index is 11.7. The highest BCUT2D eigenvalue weighted by atomic mass is 35.5. The number of nitrogens with zero attached hydrogens (tertiary/aromatic N) is 1. The van der Waals surface area contributed by atoms with E-state index in [9.17, 15) is 4.79 Å². The van der Waals surface area contributed by atoms with Crippen LogP contribution in [0.25, 0.3) is 10.6 Å². The Balaban J connectivity index is 2.04. The minimum atomic E-state index is -0.558. The fourth-order valence-corrected chi connectivity index (χ4v) is 2.62. The molecule has 1 unspecified atom stereocenters. The second-order valence-corrected chi connectivity index (χ2v) is 5.98. The van der Waals surface area contributed by atoms with Crippen molar-refractivity contribution in [2.75, 3.05) is 12.3 Å². The molecule has 0 aliphatic rings. The first kappa shape index (κ1) is 15.8. The zero-order valence-electron chi connectivity index (χ0n) is 11.5. The quantitative estimate of drug-likeness (QED) is 0.734. The minimum absolute atomic E-state index is 0.164. The number of hydrogen-bond acceptors (Lipinski definition) is 5. The van der Waals surface area contributed by atoms with E-state index in [-0.39, 0.29) is 18.9 Å². The number of carbonyl (C=O) groups excluding carboxylic acids is 1. The molecule has 2 rings (SSSR count). The molecule has 1 aromatic heterocycles. The smallest absolute Gasteiger partial charge is 0.226 e. The summed E-state index contributed by atoms with van der Waals surface area (Å²) in [6.45, 7) is 1.86. The Bertz CT molecular complexity index is 643. The van der Waals surface area contributed by atoms with Gasteiger partial charge in [-0.3, -0.25) is 4.79 Å². The van der Waals surface area contributed by atoms with E-state index >= 15 is 0 Å². The summed E-state index contributed by atoms with van der Waals surface area (Å²) in [5.74, 6) is -0.164. The van der Waals surface area contributed by atoms with E-state index < -0.39 is 6.10 Å². The number of halogens is 1. The standard InChI is InChI=1S/C14H16ClN3O2S/c1-8(19)6-17-13(20)5-10-7-21-14(18-10)9-2-3-11(15)12(16)4-9/h2-4,7-8,19H,5-6,16H2,1H3,(H,17,20). The highest BCUT2D eigenvalue weighted by Crippen LogP contribution is 2.29. The topological polar surface area (TPSA) is 88.2 Å². The molecule has 1 aromatic carbocycles. The third-order valence-corrected chi connectivity index (χ3v) is 4.02. The van der Waals surface area contributed by atoms with Crippen LogP contribution >= 0.6 is 22.9 Å². The number of aliphatic hydroxyl groups is 1. The zero-order chi connectivity index (χ0) is 15.4. The summed E-state index contributed by atoms with van der Waals surface area (Å²) in [4.78, 5) is 16.1. The van der Waals surface area contributed by atoms with Crippen LogP contribution in [-0.4, -0.2) is 28.6 Å². The monoisotopic (exact) mass is 325 g/mol. The number of anilines is 1. The summed E-state index contributed by atoms with van der Waals surface area (Å²) in [5.41, 5.74) is 7.83. The van der Waals surface area contributed by atoms with E-state index in [2.05, 4.69) is 10.3 Å². The van der Waals surface area contributed by atoms with Gasteiger partial charge < -0.3 is 16.2 Å². The first-order valence-corrected chi connectivity index (χ1v) is 7.66. The van der Waals surface area contributed by atoms with Crippen LogP contribution in [0.1, 0.15) is 12.6 Å². The molecule has 4 N–H and O–H groups in total. The number of nitrogens with two attached hydrogens (primary N) is 1. The molecule has 0 fully saturated rings. The summed E-state index contributed by atoms with van der Waals surface area (Å²) >= 11 is 7.33. The number of nitrogen functional groups attached to an aromatic ring is 1. The summed E-state index contributed by atoms with van der Waals surface area (Å²) in [6.07, 6.45) is -0.372. The lowest BCUT2D eigenvalue weighted by atomic mass is 10.2. The van der Waals surface area contributed by atoms with Gasteiger partial charge in [0.05, 0.1) is 28.9 Å². The maximum Gasteiger partial charge on any atom is 0.226 e. The molecular weight excluding hydrogens is 310 g/mol. The molecule has 0 aliphatic carbocycles. The predicted octanol–water partition coefficient (Wildman–Crippen LogP) is 2.09. The summed E-state index contributed by atoms with van der Waals surface area (Å²) < 4.78 is 0. The average Bonchev–Trinajstić information content (AvgIpc) is 2.88. The maximum absolute atomic E-state index is 11.7. The number of amides is 1. The van der Waals surface area contributed by atoms with Gasteiger partial charge in [0.15, 0.2) is 0 Å². The number of nitrogens with one attached hydrogen (secondary N) is 1. The van der Waals surface area contributed by atoms with Gasteiger partial charge in [0.2, 0.25) is 5.91 Å². The predicted molar refractivity (Wildman–Crippen MR) is 85.4 cm³/mol. The molecule has 1 heterocycles. The largest absolute Gasteiger partial charge is 0.398 e. The molecule has 1 atom stereocenters. The lowest BCUT2D eigenvalue weighted by Gasteiger charge is -2.05. The Labute approximate surface area is 131 Å². The van der Waals surface area contributed by atoms with Crippen molar-refractivity contribution in [2.45, 2.75) is 19.4 Å². The van der Waals surface area contributed by atoms with Gasteiger partial charge in [-0.05, 0) is 19.1 Å². The number of aliphatic hydroxyl groups excluding tert-OH is 1. The van der Waals surface area contributed by atoms with Gasteiger partial charge in [-0.15, -0.1) is 11.3 Å². The van der Waals surface area contributed by atoms with Crippen LogP contribution < -0.4 is 11.1 Å². The molecule has 5 nitrogen and oxygen atoms in total. The Hall–Kier alpha value is -1.63. The molecule has 0 aliphatic heterocycles. The lowest BCUT2D eigenvalue weighted by Crippen LogP contribution is -2.31. The third kappa shape index (κ3) is 4.42. The van der Waals surface area contributed by atoms with Crippen LogP contribution in [-0.2, 0) is 11.2 Å². The van der Waals surface area contributed by atoms with E-state index in [0.29, 0.717) is 16.4 Å². The van der Waals surface area contributed by atoms with E-state index in [1.54, 1.807) is 19.1 Å². The molecule has 0 bridgehead atoms. The van der Waals surface area contributed by atoms with Crippen molar-refractivity contribution < 1.29 is 9.90 Å². The number of thiazole rings is 1. The van der Waals surface area contributed by atoms with Gasteiger partial charge in [-0.1, -0.05) is 17.7 Å². The Morgan fingerprint density at radius 1 is 1.57 bits per heavy atom. The van der Waals surface area contributed by atoms with Gasteiger partial charge in [-0.25, -0.2) is 4.98 Å². The molecule has 7 heteroatoms. The summed E-state index contributed by atoms with van der Waals surface area (Å²) in [6, 6.07) is 5.33. The van der Waals surface area contributed by atoms with Crippen molar-refractivity contribution in [3.8, 4) is 10.6 Å². The molecule has 2 aromatic rings. The first-order chi connectivity index (χ1) is 9.95. The molecule has 1 amide bonds. The highest BCUT2D eigenvalue weighted by molar-refractivity contribution is 7.13. The van der Waals surface area contributed by atoms with Gasteiger partial charge in [-0.2, -0.15) is 0 Å². The van der Waals surface area contributed by atoms with Gasteiger partial charge in [0, 0.05) is 17.5 Å². The van der Waals surface area contributed by atoms with Crippen molar-refractivity contribution in [1.82, 2.24) is 10.3 Å². The van der Waals surface area contributed by atoms with E-state index in [0.717, 1.165) is 10.6 Å². The number of carbonyl (C=O) groups is 1. The van der Waals surface area contributed by atoms with Crippen LogP contribution in [0.15, 0.2) is 23.6 Å². The van der Waals surface area contributed by atoms with E-state index in [1.807, 2.05) is 11.4 Å². The Morgan fingerprint density at radius 3 is 3.00 bits per heavy atom. The zero-order valence-corrected chi connectivity index (χ0v) is 13.0. The summed E-state index contributed by atoms with van der Waals surface area (Å²) in [5, 5.41) is 14.9. The van der Waals surface area contributed by atoms with Crippen LogP contribution in [0.3, 0.4) is 0 Å². The molecule has 0 saturated heterocycles. The van der Waals surface area contributed by atoms with Crippen LogP contribution in [0.4, 0.5) is 5.69 Å². The highest BCUT2D eigenvalue weighted by Gasteiger charge is 2.10. The molecule has 0 spiro atoms. The van der Waals surface area contributed by atoms with Crippen LogP contribution in [0.2, 0.25) is 5.02 Å². The Kier molecular flexibility index (Phi) is 5.17. The van der Waals surface area contributed by atoms with Gasteiger partial charge in [0.1, 0.15) is 5.01 Å². The van der Waals surface area contributed by atoms with Crippen molar-refractivity contribution in [1.29, 1.82) is 0 Å². The van der Waals surface area contributed by atoms with Crippen molar-refractivity contribution in [2.24, 2.45) is 0 Å². The van der Waals surface area contributed by atoms with Crippen LogP contribution in [0, 0.1) is 0 Å².